The van der Waals surface area contributed by atoms with Crippen molar-refractivity contribution >= 4 is 40.9 Å². The minimum Gasteiger partial charge on any atom is -0.477 e. The average molecular weight is 391 g/mol. The summed E-state index contributed by atoms with van der Waals surface area (Å²) in [6.07, 6.45) is -0.714. The number of amides is 2. The number of nitrogens with zero attached hydrogens (tertiary/aromatic N) is 1. The normalized spacial score (nSPS) is 15.8. The monoisotopic (exact) mass is 390 g/mol. The fraction of sp³-hybridized carbons (Fsp3) is 0.263. The van der Waals surface area contributed by atoms with E-state index in [2.05, 4.69) is 5.32 Å². The van der Waals surface area contributed by atoms with Crippen LogP contribution < -0.4 is 15.0 Å². The van der Waals surface area contributed by atoms with Crippen molar-refractivity contribution in [3.63, 3.8) is 0 Å². The van der Waals surface area contributed by atoms with Gasteiger partial charge in [-0.05, 0) is 36.4 Å². The van der Waals surface area contributed by atoms with Crippen LogP contribution in [0.15, 0.2) is 53.4 Å². The molecule has 0 bridgehead atoms. The zero-order valence-electron chi connectivity index (χ0n) is 14.3. The number of rotatable bonds is 5. The molecule has 1 atom stereocenters. The highest BCUT2D eigenvalue weighted by atomic mass is 35.5. The van der Waals surface area contributed by atoms with Crippen LogP contribution in [0.3, 0.4) is 0 Å². The minimum atomic E-state index is -0.714. The molecule has 0 aromatic heterocycles. The van der Waals surface area contributed by atoms with Crippen LogP contribution in [0, 0.1) is 0 Å². The summed E-state index contributed by atoms with van der Waals surface area (Å²) in [5.41, 5.74) is 0.697. The molecule has 0 spiro atoms. The van der Waals surface area contributed by atoms with Gasteiger partial charge in [-0.15, -0.1) is 11.8 Å². The van der Waals surface area contributed by atoms with Crippen molar-refractivity contribution < 1.29 is 14.3 Å². The highest BCUT2D eigenvalue weighted by molar-refractivity contribution is 7.99. The molecular weight excluding hydrogens is 372 g/mol. The Morgan fingerprint density at radius 2 is 1.96 bits per heavy atom. The molecule has 3 rings (SSSR count). The standard InChI is InChI=1S/C19H19ClN2O3S/c1-13(23)22-12-18(25-17-5-3-2-4-16(17)22)19(24)21-10-11-26-15-8-6-14(20)7-9-15/h2-9,18H,10-12H2,1H3,(H,21,24). The highest BCUT2D eigenvalue weighted by Crippen LogP contribution is 2.33. The van der Waals surface area contributed by atoms with Crippen molar-refractivity contribution in [3.8, 4) is 5.75 Å². The Kier molecular flexibility index (Phi) is 6.06. The van der Waals surface area contributed by atoms with Gasteiger partial charge >= 0.3 is 0 Å². The number of para-hydroxylation sites is 2. The molecule has 0 aliphatic carbocycles. The molecule has 2 amide bonds. The van der Waals surface area contributed by atoms with Crippen molar-refractivity contribution in [1.29, 1.82) is 0 Å². The number of halogens is 1. The van der Waals surface area contributed by atoms with Gasteiger partial charge in [0.1, 0.15) is 5.75 Å². The largest absolute Gasteiger partial charge is 0.477 e. The Morgan fingerprint density at radius 1 is 1.23 bits per heavy atom. The molecule has 2 aromatic carbocycles. The molecule has 1 aliphatic rings. The molecular formula is C19H19ClN2O3S. The Labute approximate surface area is 161 Å². The van der Waals surface area contributed by atoms with Gasteiger partial charge in [0.2, 0.25) is 5.91 Å². The molecule has 1 unspecified atom stereocenters. The Bertz CT molecular complexity index is 798. The number of fused-ring (bicyclic) bond motifs is 1. The average Bonchev–Trinajstić information content (AvgIpc) is 2.65. The molecule has 2 aromatic rings. The summed E-state index contributed by atoms with van der Waals surface area (Å²) in [5.74, 6) is 0.941. The second-order valence-electron chi connectivity index (χ2n) is 5.80. The van der Waals surface area contributed by atoms with E-state index < -0.39 is 6.10 Å². The van der Waals surface area contributed by atoms with E-state index in [-0.39, 0.29) is 18.4 Å². The van der Waals surface area contributed by atoms with Gasteiger partial charge in [-0.2, -0.15) is 0 Å². The van der Waals surface area contributed by atoms with E-state index in [4.69, 9.17) is 16.3 Å². The predicted molar refractivity (Wildman–Crippen MR) is 104 cm³/mol. The van der Waals surface area contributed by atoms with Crippen LogP contribution in [0.1, 0.15) is 6.92 Å². The maximum Gasteiger partial charge on any atom is 0.263 e. The lowest BCUT2D eigenvalue weighted by atomic mass is 10.1. The van der Waals surface area contributed by atoms with E-state index in [0.717, 1.165) is 10.6 Å². The third-order valence-electron chi connectivity index (χ3n) is 3.93. The molecule has 0 saturated carbocycles. The minimum absolute atomic E-state index is 0.114. The fourth-order valence-corrected chi connectivity index (χ4v) is 3.55. The number of hydrogen-bond acceptors (Lipinski definition) is 4. The zero-order chi connectivity index (χ0) is 18.5. The molecule has 5 nitrogen and oxygen atoms in total. The van der Waals surface area contributed by atoms with Gasteiger partial charge < -0.3 is 15.0 Å². The van der Waals surface area contributed by atoms with E-state index in [1.165, 1.54) is 6.92 Å². The van der Waals surface area contributed by atoms with E-state index in [9.17, 15) is 9.59 Å². The molecule has 0 saturated heterocycles. The summed E-state index contributed by atoms with van der Waals surface area (Å²) in [7, 11) is 0. The van der Waals surface area contributed by atoms with Crippen LogP contribution in [-0.4, -0.2) is 36.8 Å². The number of nitrogens with one attached hydrogen (secondary N) is 1. The highest BCUT2D eigenvalue weighted by Gasteiger charge is 2.32. The van der Waals surface area contributed by atoms with Crippen LogP contribution in [-0.2, 0) is 9.59 Å². The maximum absolute atomic E-state index is 12.4. The van der Waals surface area contributed by atoms with E-state index in [1.807, 2.05) is 42.5 Å². The van der Waals surface area contributed by atoms with Crippen molar-refractivity contribution in [2.75, 3.05) is 23.7 Å². The summed E-state index contributed by atoms with van der Waals surface area (Å²) in [5, 5.41) is 3.58. The number of thioether (sulfide) groups is 1. The lowest BCUT2D eigenvalue weighted by Crippen LogP contribution is -2.50. The summed E-state index contributed by atoms with van der Waals surface area (Å²) in [6, 6.07) is 14.8. The second-order valence-corrected chi connectivity index (χ2v) is 7.40. The molecule has 7 heteroatoms. The fourth-order valence-electron chi connectivity index (χ4n) is 2.66. The molecule has 0 fully saturated rings. The third kappa shape index (κ3) is 4.51. The maximum atomic E-state index is 12.4. The van der Waals surface area contributed by atoms with Crippen molar-refractivity contribution in [2.24, 2.45) is 0 Å². The number of anilines is 1. The number of carbonyl (C=O) groups excluding carboxylic acids is 2. The lowest BCUT2D eigenvalue weighted by molar-refractivity contribution is -0.128. The van der Waals surface area contributed by atoms with E-state index >= 15 is 0 Å². The SMILES string of the molecule is CC(=O)N1CC(C(=O)NCCSc2ccc(Cl)cc2)Oc2ccccc21. The smallest absolute Gasteiger partial charge is 0.263 e. The number of benzene rings is 2. The lowest BCUT2D eigenvalue weighted by Gasteiger charge is -2.33. The molecule has 1 N–H and O–H groups in total. The first-order valence-electron chi connectivity index (χ1n) is 8.24. The van der Waals surface area contributed by atoms with Gasteiger partial charge in [0.15, 0.2) is 6.10 Å². The van der Waals surface area contributed by atoms with Crippen molar-refractivity contribution in [2.45, 2.75) is 17.9 Å². The van der Waals surface area contributed by atoms with Gasteiger partial charge in [0.05, 0.1) is 12.2 Å². The Hall–Kier alpha value is -2.18. The number of carbonyl (C=O) groups is 2. The van der Waals surface area contributed by atoms with E-state index in [1.54, 1.807) is 22.7 Å². The zero-order valence-corrected chi connectivity index (χ0v) is 15.8. The van der Waals surface area contributed by atoms with Gasteiger partial charge in [-0.3, -0.25) is 9.59 Å². The quantitative estimate of drug-likeness (QED) is 0.628. The summed E-state index contributed by atoms with van der Waals surface area (Å²) >= 11 is 7.50. The summed E-state index contributed by atoms with van der Waals surface area (Å²) in [6.45, 7) is 2.20. The van der Waals surface area contributed by atoms with Gasteiger partial charge in [-0.25, -0.2) is 0 Å². The predicted octanol–water partition coefficient (Wildman–Crippen LogP) is 3.36. The first-order chi connectivity index (χ1) is 12.5. The topological polar surface area (TPSA) is 58.6 Å². The first kappa shape index (κ1) is 18.6. The molecule has 26 heavy (non-hydrogen) atoms. The van der Waals surface area contributed by atoms with Gasteiger partial charge in [-0.1, -0.05) is 23.7 Å². The second kappa shape index (κ2) is 8.47. The number of hydrogen-bond donors (Lipinski definition) is 1. The number of ether oxygens (including phenoxy) is 1. The first-order valence-corrected chi connectivity index (χ1v) is 9.61. The van der Waals surface area contributed by atoms with Crippen molar-refractivity contribution in [3.05, 3.63) is 53.6 Å². The van der Waals surface area contributed by atoms with Crippen LogP contribution >= 0.6 is 23.4 Å². The third-order valence-corrected chi connectivity index (χ3v) is 5.20. The summed E-state index contributed by atoms with van der Waals surface area (Å²) < 4.78 is 5.78. The van der Waals surface area contributed by atoms with Crippen molar-refractivity contribution in [1.82, 2.24) is 5.32 Å². The Morgan fingerprint density at radius 3 is 2.69 bits per heavy atom. The van der Waals surface area contributed by atoms with Crippen LogP contribution in [0.5, 0.6) is 5.75 Å². The molecule has 136 valence electrons. The van der Waals surface area contributed by atoms with Crippen LogP contribution in [0.25, 0.3) is 0 Å². The van der Waals surface area contributed by atoms with Gasteiger partial charge in [0.25, 0.3) is 5.91 Å². The molecule has 1 aliphatic heterocycles. The van der Waals surface area contributed by atoms with Gasteiger partial charge in [0, 0.05) is 29.1 Å². The molecule has 0 radical (unpaired) electrons. The van der Waals surface area contributed by atoms with Crippen LogP contribution in [0.2, 0.25) is 5.02 Å². The Balaban J connectivity index is 1.53. The van der Waals surface area contributed by atoms with Crippen LogP contribution in [0.4, 0.5) is 5.69 Å². The molecule has 1 heterocycles. The van der Waals surface area contributed by atoms with E-state index in [0.29, 0.717) is 23.0 Å². The summed E-state index contributed by atoms with van der Waals surface area (Å²) in [4.78, 5) is 27.0.